The molecule has 1 aliphatic rings. The van der Waals surface area contributed by atoms with Crippen molar-refractivity contribution in [3.63, 3.8) is 0 Å². The molecule has 3 rings (SSSR count). The molecule has 1 atom stereocenters. The molecule has 0 fully saturated rings. The largest absolute Gasteiger partial charge is 0.455 e. The summed E-state index contributed by atoms with van der Waals surface area (Å²) in [5.41, 5.74) is 7.68. The van der Waals surface area contributed by atoms with Crippen molar-refractivity contribution in [2.24, 2.45) is 5.73 Å². The number of hydrogen-bond donors (Lipinski definition) is 2. The summed E-state index contributed by atoms with van der Waals surface area (Å²) in [7, 11) is 0. The second kappa shape index (κ2) is 9.04. The van der Waals surface area contributed by atoms with E-state index < -0.39 is 30.4 Å². The van der Waals surface area contributed by atoms with E-state index in [0.29, 0.717) is 11.3 Å². The average Bonchev–Trinajstić information content (AvgIpc) is 2.72. The molecule has 0 saturated carbocycles. The number of amides is 3. The summed E-state index contributed by atoms with van der Waals surface area (Å²) in [5.74, 6) is -1.89. The number of nitrogens with one attached hydrogen (secondary N) is 1. The molecule has 1 heterocycles. The topological polar surface area (TPSA) is 119 Å². The lowest BCUT2D eigenvalue weighted by atomic mass is 9.94. The van der Waals surface area contributed by atoms with Crippen LogP contribution in [0.25, 0.3) is 6.08 Å². The van der Waals surface area contributed by atoms with Gasteiger partial charge in [0.25, 0.3) is 5.91 Å². The van der Waals surface area contributed by atoms with Gasteiger partial charge >= 0.3 is 5.97 Å². The van der Waals surface area contributed by atoms with Crippen molar-refractivity contribution in [3.8, 4) is 0 Å². The molecule has 154 valence electrons. The molecular formula is C22H21N3O5. The summed E-state index contributed by atoms with van der Waals surface area (Å²) in [6, 6.07) is 13.0. The molecule has 0 aromatic heterocycles. The molecule has 0 bridgehead atoms. The van der Waals surface area contributed by atoms with Crippen LogP contribution in [-0.4, -0.2) is 35.2 Å². The lowest BCUT2D eigenvalue weighted by Gasteiger charge is -2.32. The van der Waals surface area contributed by atoms with E-state index in [4.69, 9.17) is 10.5 Å². The van der Waals surface area contributed by atoms with Crippen LogP contribution in [0, 0.1) is 0 Å². The van der Waals surface area contributed by atoms with E-state index >= 15 is 0 Å². The minimum Gasteiger partial charge on any atom is -0.455 e. The second-order valence-electron chi connectivity index (χ2n) is 6.74. The van der Waals surface area contributed by atoms with Gasteiger partial charge in [0, 0.05) is 24.4 Å². The molecule has 8 nitrogen and oxygen atoms in total. The summed E-state index contributed by atoms with van der Waals surface area (Å²) in [4.78, 5) is 48.9. The monoisotopic (exact) mass is 407 g/mol. The quantitative estimate of drug-likeness (QED) is 0.712. The number of esters is 1. The zero-order valence-electron chi connectivity index (χ0n) is 16.3. The molecule has 1 aliphatic heterocycles. The summed E-state index contributed by atoms with van der Waals surface area (Å²) in [5, 5.41) is 2.57. The molecule has 0 spiro atoms. The third-order valence-electron chi connectivity index (χ3n) is 4.65. The first kappa shape index (κ1) is 20.8. The van der Waals surface area contributed by atoms with Gasteiger partial charge in [-0.15, -0.1) is 0 Å². The van der Waals surface area contributed by atoms with Crippen molar-refractivity contribution in [2.75, 3.05) is 11.9 Å². The Morgan fingerprint density at radius 3 is 2.43 bits per heavy atom. The minimum absolute atomic E-state index is 0.0818. The first-order valence-corrected chi connectivity index (χ1v) is 9.26. The standard InChI is InChI=1S/C22H21N3O5/c1-14(26)25-11-10-15-4-2-3-5-18(15)19(25)12-21(28)30-13-20(27)24-17-8-6-16(7-9-17)22(23)29/h2-11,19H,12-13H2,1H3,(H2,23,29)(H,24,27)/t19-/m1/s1. The number of carbonyl (C=O) groups is 4. The highest BCUT2D eigenvalue weighted by atomic mass is 16.5. The number of rotatable bonds is 6. The summed E-state index contributed by atoms with van der Waals surface area (Å²) >= 11 is 0. The van der Waals surface area contributed by atoms with Gasteiger partial charge in [0.05, 0.1) is 12.5 Å². The SMILES string of the molecule is CC(=O)N1C=Cc2ccccc2[C@H]1CC(=O)OCC(=O)Nc1ccc(C(N)=O)cc1. The number of anilines is 1. The van der Waals surface area contributed by atoms with Crippen LogP contribution in [0.3, 0.4) is 0 Å². The minimum atomic E-state index is -0.601. The Balaban J connectivity index is 1.58. The van der Waals surface area contributed by atoms with E-state index in [1.807, 2.05) is 30.3 Å². The third kappa shape index (κ3) is 4.91. The van der Waals surface area contributed by atoms with Crippen LogP contribution < -0.4 is 11.1 Å². The van der Waals surface area contributed by atoms with Crippen LogP contribution in [0.4, 0.5) is 5.69 Å². The normalized spacial score (nSPS) is 14.6. The number of nitrogens with two attached hydrogens (primary N) is 1. The maximum Gasteiger partial charge on any atom is 0.308 e. The van der Waals surface area contributed by atoms with Gasteiger partial charge < -0.3 is 20.7 Å². The van der Waals surface area contributed by atoms with Crippen LogP contribution in [0.1, 0.15) is 40.9 Å². The van der Waals surface area contributed by atoms with Gasteiger partial charge in [-0.25, -0.2) is 0 Å². The Labute approximate surface area is 173 Å². The molecule has 3 N–H and O–H groups in total. The Kier molecular flexibility index (Phi) is 6.26. The van der Waals surface area contributed by atoms with Gasteiger partial charge in [-0.2, -0.15) is 0 Å². The molecule has 2 aromatic carbocycles. The summed E-state index contributed by atoms with van der Waals surface area (Å²) in [6.07, 6.45) is 3.38. The van der Waals surface area contributed by atoms with E-state index in [2.05, 4.69) is 5.32 Å². The van der Waals surface area contributed by atoms with E-state index in [1.54, 1.807) is 6.20 Å². The maximum absolute atomic E-state index is 12.4. The fraction of sp³-hybridized carbons (Fsp3) is 0.182. The predicted molar refractivity (Wildman–Crippen MR) is 110 cm³/mol. The van der Waals surface area contributed by atoms with Crippen LogP contribution in [0.5, 0.6) is 0 Å². The highest BCUT2D eigenvalue weighted by molar-refractivity contribution is 5.95. The van der Waals surface area contributed by atoms with Gasteiger partial charge in [-0.05, 0) is 41.5 Å². The number of fused-ring (bicyclic) bond motifs is 1. The van der Waals surface area contributed by atoms with Crippen LogP contribution in [-0.2, 0) is 19.1 Å². The molecule has 8 heteroatoms. The molecule has 0 aliphatic carbocycles. The number of primary amides is 1. The number of nitrogens with zero attached hydrogens (tertiary/aromatic N) is 1. The third-order valence-corrected chi connectivity index (χ3v) is 4.65. The van der Waals surface area contributed by atoms with Crippen molar-refractivity contribution in [1.29, 1.82) is 0 Å². The van der Waals surface area contributed by atoms with Crippen LogP contribution >= 0.6 is 0 Å². The fourth-order valence-corrected chi connectivity index (χ4v) is 3.19. The van der Waals surface area contributed by atoms with Crippen molar-refractivity contribution in [3.05, 3.63) is 71.4 Å². The second-order valence-corrected chi connectivity index (χ2v) is 6.74. The maximum atomic E-state index is 12.4. The molecule has 30 heavy (non-hydrogen) atoms. The average molecular weight is 407 g/mol. The van der Waals surface area contributed by atoms with Crippen molar-refractivity contribution in [1.82, 2.24) is 4.90 Å². The lowest BCUT2D eigenvalue weighted by molar-refractivity contribution is -0.149. The number of ether oxygens (including phenoxy) is 1. The Hall–Kier alpha value is -3.94. The first-order valence-electron chi connectivity index (χ1n) is 9.26. The smallest absolute Gasteiger partial charge is 0.308 e. The fourth-order valence-electron chi connectivity index (χ4n) is 3.19. The van der Waals surface area contributed by atoms with Crippen molar-refractivity contribution >= 4 is 35.5 Å². The summed E-state index contributed by atoms with van der Waals surface area (Å²) < 4.78 is 5.10. The Morgan fingerprint density at radius 1 is 1.07 bits per heavy atom. The molecule has 0 saturated heterocycles. The van der Waals surface area contributed by atoms with Gasteiger partial charge in [-0.3, -0.25) is 19.2 Å². The van der Waals surface area contributed by atoms with E-state index in [1.165, 1.54) is 36.1 Å². The molecule has 2 aromatic rings. The van der Waals surface area contributed by atoms with Gasteiger partial charge in [0.2, 0.25) is 11.8 Å². The van der Waals surface area contributed by atoms with Crippen molar-refractivity contribution in [2.45, 2.75) is 19.4 Å². The van der Waals surface area contributed by atoms with Crippen molar-refractivity contribution < 1.29 is 23.9 Å². The van der Waals surface area contributed by atoms with E-state index in [9.17, 15) is 19.2 Å². The molecular weight excluding hydrogens is 386 g/mol. The van der Waals surface area contributed by atoms with Gasteiger partial charge in [0.1, 0.15) is 0 Å². The highest BCUT2D eigenvalue weighted by Gasteiger charge is 2.28. The molecule has 0 unspecified atom stereocenters. The number of benzene rings is 2. The Bertz CT molecular complexity index is 1010. The molecule has 0 radical (unpaired) electrons. The Morgan fingerprint density at radius 2 is 1.77 bits per heavy atom. The lowest BCUT2D eigenvalue weighted by Crippen LogP contribution is -2.33. The van der Waals surface area contributed by atoms with Gasteiger partial charge in [0.15, 0.2) is 6.61 Å². The van der Waals surface area contributed by atoms with E-state index in [-0.39, 0.29) is 12.3 Å². The molecule has 3 amide bonds. The van der Waals surface area contributed by atoms with E-state index in [0.717, 1.165) is 11.1 Å². The summed E-state index contributed by atoms with van der Waals surface area (Å²) in [6.45, 7) is 0.953. The predicted octanol–water partition coefficient (Wildman–Crippen LogP) is 2.23. The zero-order valence-corrected chi connectivity index (χ0v) is 16.3. The van der Waals surface area contributed by atoms with Crippen LogP contribution in [0.2, 0.25) is 0 Å². The van der Waals surface area contributed by atoms with Crippen LogP contribution in [0.15, 0.2) is 54.7 Å². The first-order chi connectivity index (χ1) is 14.3. The number of hydrogen-bond acceptors (Lipinski definition) is 5. The zero-order chi connectivity index (χ0) is 21.7. The highest BCUT2D eigenvalue weighted by Crippen LogP contribution is 2.33. The van der Waals surface area contributed by atoms with Gasteiger partial charge in [-0.1, -0.05) is 24.3 Å². The number of carbonyl (C=O) groups excluding carboxylic acids is 4.